The molecule has 3 rings (SSSR count). The van der Waals surface area contributed by atoms with Gasteiger partial charge in [0.05, 0.1) is 6.54 Å². The molecule has 1 atom stereocenters. The fourth-order valence-corrected chi connectivity index (χ4v) is 3.21. The van der Waals surface area contributed by atoms with Gasteiger partial charge in [-0.1, -0.05) is 36.8 Å². The molecule has 0 spiro atoms. The minimum atomic E-state index is -0.425. The lowest BCUT2D eigenvalue weighted by Crippen LogP contribution is -2.48. The van der Waals surface area contributed by atoms with E-state index < -0.39 is 6.04 Å². The van der Waals surface area contributed by atoms with Crippen molar-refractivity contribution in [1.82, 2.24) is 10.2 Å². The number of likely N-dealkylation sites (tertiary alicyclic amines) is 1. The summed E-state index contributed by atoms with van der Waals surface area (Å²) < 4.78 is 5.49. The van der Waals surface area contributed by atoms with Crippen molar-refractivity contribution in [1.29, 1.82) is 0 Å². The standard InChI is InChI=1S/C20H24N2O3/c1-15-11-12-17(25-15)13-21-20(24)18-9-5-6-10-19(23)22(18)14-16-7-3-2-4-8-16/h2-4,7-8,11-12,18H,5-6,9-10,13-14H2,1H3,(H,21,24). The maximum Gasteiger partial charge on any atom is 0.243 e. The largest absolute Gasteiger partial charge is 0.465 e. The number of nitrogens with one attached hydrogen (secondary N) is 1. The Labute approximate surface area is 148 Å². The zero-order valence-corrected chi connectivity index (χ0v) is 14.5. The third-order valence-corrected chi connectivity index (χ3v) is 4.55. The highest BCUT2D eigenvalue weighted by Gasteiger charge is 2.31. The number of carbonyl (C=O) groups is 2. The van der Waals surface area contributed by atoms with Crippen LogP contribution in [0.1, 0.15) is 42.8 Å². The summed E-state index contributed by atoms with van der Waals surface area (Å²) in [5, 5.41) is 2.92. The number of hydrogen-bond acceptors (Lipinski definition) is 3. The molecule has 1 N–H and O–H groups in total. The summed E-state index contributed by atoms with van der Waals surface area (Å²) in [6.45, 7) is 2.69. The lowest BCUT2D eigenvalue weighted by molar-refractivity contribution is -0.140. The Morgan fingerprint density at radius 1 is 1.20 bits per heavy atom. The zero-order valence-electron chi connectivity index (χ0n) is 14.5. The topological polar surface area (TPSA) is 62.6 Å². The van der Waals surface area contributed by atoms with Crippen LogP contribution >= 0.6 is 0 Å². The van der Waals surface area contributed by atoms with E-state index in [4.69, 9.17) is 4.42 Å². The van der Waals surface area contributed by atoms with Crippen molar-refractivity contribution >= 4 is 11.8 Å². The third kappa shape index (κ3) is 4.50. The molecule has 1 saturated heterocycles. The summed E-state index contributed by atoms with van der Waals surface area (Å²) >= 11 is 0. The summed E-state index contributed by atoms with van der Waals surface area (Å²) in [6.07, 6.45) is 2.93. The van der Waals surface area contributed by atoms with Crippen LogP contribution < -0.4 is 5.32 Å². The molecular weight excluding hydrogens is 316 g/mol. The van der Waals surface area contributed by atoms with Crippen molar-refractivity contribution in [3.63, 3.8) is 0 Å². The van der Waals surface area contributed by atoms with Crippen LogP contribution in [0.4, 0.5) is 0 Å². The molecule has 1 unspecified atom stereocenters. The molecule has 0 bridgehead atoms. The van der Waals surface area contributed by atoms with Gasteiger partial charge in [-0.25, -0.2) is 0 Å². The van der Waals surface area contributed by atoms with Crippen molar-refractivity contribution in [2.75, 3.05) is 0 Å². The summed E-state index contributed by atoms with van der Waals surface area (Å²) in [4.78, 5) is 27.0. The molecule has 1 fully saturated rings. The van der Waals surface area contributed by atoms with Crippen molar-refractivity contribution in [2.45, 2.75) is 51.7 Å². The molecule has 5 heteroatoms. The Morgan fingerprint density at radius 2 is 2.00 bits per heavy atom. The highest BCUT2D eigenvalue weighted by Crippen LogP contribution is 2.21. The van der Waals surface area contributed by atoms with Gasteiger partial charge < -0.3 is 14.6 Å². The second-order valence-corrected chi connectivity index (χ2v) is 6.50. The number of carbonyl (C=O) groups excluding carboxylic acids is 2. The molecule has 0 radical (unpaired) electrons. The van der Waals surface area contributed by atoms with Gasteiger partial charge in [-0.2, -0.15) is 0 Å². The van der Waals surface area contributed by atoms with Crippen LogP contribution in [-0.2, 0) is 22.7 Å². The molecule has 1 aliphatic heterocycles. The Bertz CT molecular complexity index is 724. The van der Waals surface area contributed by atoms with Gasteiger partial charge in [0.25, 0.3) is 0 Å². The first-order chi connectivity index (χ1) is 12.1. The maximum atomic E-state index is 12.7. The highest BCUT2D eigenvalue weighted by atomic mass is 16.3. The van der Waals surface area contributed by atoms with Gasteiger partial charge >= 0.3 is 0 Å². The van der Waals surface area contributed by atoms with Crippen LogP contribution in [0, 0.1) is 6.92 Å². The summed E-state index contributed by atoms with van der Waals surface area (Å²) in [7, 11) is 0. The molecule has 1 aromatic carbocycles. The normalized spacial score (nSPS) is 18.0. The van der Waals surface area contributed by atoms with E-state index >= 15 is 0 Å². The molecule has 132 valence electrons. The Morgan fingerprint density at radius 3 is 2.72 bits per heavy atom. The van der Waals surface area contributed by atoms with Gasteiger partial charge in [-0.15, -0.1) is 0 Å². The van der Waals surface area contributed by atoms with Crippen molar-refractivity contribution in [3.05, 3.63) is 59.5 Å². The lowest BCUT2D eigenvalue weighted by atomic mass is 10.1. The van der Waals surface area contributed by atoms with Gasteiger partial charge in [-0.05, 0) is 37.5 Å². The number of amides is 2. The first-order valence-corrected chi connectivity index (χ1v) is 8.80. The fourth-order valence-electron chi connectivity index (χ4n) is 3.21. The predicted octanol–water partition coefficient (Wildman–Crippen LogP) is 3.18. The smallest absolute Gasteiger partial charge is 0.243 e. The zero-order chi connectivity index (χ0) is 17.6. The predicted molar refractivity (Wildman–Crippen MR) is 94.5 cm³/mol. The molecule has 0 saturated carbocycles. The second-order valence-electron chi connectivity index (χ2n) is 6.50. The van der Waals surface area contributed by atoms with Crippen LogP contribution in [0.2, 0.25) is 0 Å². The second kappa shape index (κ2) is 8.01. The molecule has 1 aromatic heterocycles. The van der Waals surface area contributed by atoms with E-state index in [2.05, 4.69) is 5.32 Å². The van der Waals surface area contributed by atoms with E-state index in [1.165, 1.54) is 0 Å². The SMILES string of the molecule is Cc1ccc(CNC(=O)C2CCCCC(=O)N2Cc2ccccc2)o1. The van der Waals surface area contributed by atoms with Gasteiger partial charge in [0.2, 0.25) is 11.8 Å². The van der Waals surface area contributed by atoms with Crippen molar-refractivity contribution in [3.8, 4) is 0 Å². The van der Waals surface area contributed by atoms with Crippen LogP contribution in [0.25, 0.3) is 0 Å². The minimum Gasteiger partial charge on any atom is -0.465 e. The van der Waals surface area contributed by atoms with Gasteiger partial charge in [0.15, 0.2) is 0 Å². The summed E-state index contributed by atoms with van der Waals surface area (Å²) in [5.41, 5.74) is 1.04. The van der Waals surface area contributed by atoms with Gasteiger partial charge in [-0.3, -0.25) is 9.59 Å². The monoisotopic (exact) mass is 340 g/mol. The van der Waals surface area contributed by atoms with E-state index in [-0.39, 0.29) is 11.8 Å². The van der Waals surface area contributed by atoms with Gasteiger partial charge in [0.1, 0.15) is 17.6 Å². The van der Waals surface area contributed by atoms with E-state index in [0.717, 1.165) is 29.9 Å². The Hall–Kier alpha value is -2.56. The lowest BCUT2D eigenvalue weighted by Gasteiger charge is -2.29. The van der Waals surface area contributed by atoms with Crippen molar-refractivity contribution < 1.29 is 14.0 Å². The van der Waals surface area contributed by atoms with E-state index in [1.54, 1.807) is 4.90 Å². The molecule has 5 nitrogen and oxygen atoms in total. The average Bonchev–Trinajstić information content (AvgIpc) is 2.95. The third-order valence-electron chi connectivity index (χ3n) is 4.55. The maximum absolute atomic E-state index is 12.7. The minimum absolute atomic E-state index is 0.0512. The molecule has 2 heterocycles. The van der Waals surface area contributed by atoms with E-state index in [1.807, 2.05) is 49.4 Å². The van der Waals surface area contributed by atoms with Crippen LogP contribution in [-0.4, -0.2) is 22.8 Å². The first kappa shape index (κ1) is 17.3. The van der Waals surface area contributed by atoms with E-state index in [9.17, 15) is 9.59 Å². The van der Waals surface area contributed by atoms with Crippen molar-refractivity contribution in [2.24, 2.45) is 0 Å². The molecule has 1 aliphatic rings. The number of benzene rings is 1. The number of hydrogen-bond donors (Lipinski definition) is 1. The molecule has 2 amide bonds. The molecular formula is C20H24N2O3. The van der Waals surface area contributed by atoms with Crippen LogP contribution in [0.3, 0.4) is 0 Å². The number of rotatable bonds is 5. The molecule has 25 heavy (non-hydrogen) atoms. The molecule has 2 aromatic rings. The summed E-state index contributed by atoms with van der Waals surface area (Å²) in [5.74, 6) is 1.48. The quantitative estimate of drug-likeness (QED) is 0.909. The number of nitrogens with zero attached hydrogens (tertiary/aromatic N) is 1. The molecule has 0 aliphatic carbocycles. The summed E-state index contributed by atoms with van der Waals surface area (Å²) in [6, 6.07) is 13.1. The Kier molecular flexibility index (Phi) is 5.53. The Balaban J connectivity index is 1.70. The average molecular weight is 340 g/mol. The number of furan rings is 1. The van der Waals surface area contributed by atoms with Crippen LogP contribution in [0.5, 0.6) is 0 Å². The van der Waals surface area contributed by atoms with E-state index in [0.29, 0.717) is 25.9 Å². The number of aryl methyl sites for hydroxylation is 1. The highest BCUT2D eigenvalue weighted by molar-refractivity contribution is 5.88. The fraction of sp³-hybridized carbons (Fsp3) is 0.400. The van der Waals surface area contributed by atoms with Crippen LogP contribution in [0.15, 0.2) is 46.9 Å². The first-order valence-electron chi connectivity index (χ1n) is 8.80. The van der Waals surface area contributed by atoms with Gasteiger partial charge in [0, 0.05) is 13.0 Å².